The van der Waals surface area contributed by atoms with E-state index in [0.29, 0.717) is 34.1 Å². The third-order valence-corrected chi connectivity index (χ3v) is 5.96. The number of nitrogens with zero attached hydrogens (tertiary/aromatic N) is 3. The lowest BCUT2D eigenvalue weighted by molar-refractivity contribution is 0.0951. The molecular weight excluding hydrogens is 415 g/mol. The number of thioether (sulfide) groups is 1. The number of hydrogen-bond donors (Lipinski definition) is 1. The van der Waals surface area contributed by atoms with Crippen LogP contribution < -0.4 is 5.32 Å². The molecule has 2 heterocycles. The van der Waals surface area contributed by atoms with Gasteiger partial charge in [0, 0.05) is 17.4 Å². The summed E-state index contributed by atoms with van der Waals surface area (Å²) in [6, 6.07) is 17.7. The van der Waals surface area contributed by atoms with Crippen LogP contribution >= 0.6 is 11.8 Å². The highest BCUT2D eigenvalue weighted by Crippen LogP contribution is 2.30. The van der Waals surface area contributed by atoms with Crippen molar-refractivity contribution >= 4 is 17.7 Å². The lowest BCUT2D eigenvalue weighted by atomic mass is 10.1. The van der Waals surface area contributed by atoms with Gasteiger partial charge in [0.2, 0.25) is 5.82 Å². The summed E-state index contributed by atoms with van der Waals surface area (Å²) in [5.41, 5.74) is 2.46. The van der Waals surface area contributed by atoms with Crippen LogP contribution in [-0.4, -0.2) is 26.7 Å². The second kappa shape index (κ2) is 8.39. The highest BCUT2D eigenvalue weighted by Gasteiger charge is 2.23. The largest absolute Gasteiger partial charge is 0.461 e. The van der Waals surface area contributed by atoms with Gasteiger partial charge in [0.25, 0.3) is 5.91 Å². The summed E-state index contributed by atoms with van der Waals surface area (Å²) >= 11 is 1.51. The molecule has 0 unspecified atom stereocenters. The zero-order chi connectivity index (χ0) is 21.2. The molecule has 4 aromatic rings. The molecule has 1 N–H and O–H groups in total. The molecule has 0 spiro atoms. The van der Waals surface area contributed by atoms with E-state index in [1.165, 1.54) is 23.9 Å². The van der Waals surface area contributed by atoms with Crippen LogP contribution in [0.25, 0.3) is 17.3 Å². The molecule has 0 atom stereocenters. The van der Waals surface area contributed by atoms with E-state index in [1.54, 1.807) is 24.5 Å². The fraction of sp³-hybridized carbons (Fsp3) is 0.174. The normalized spacial score (nSPS) is 13.3. The molecule has 0 aliphatic heterocycles. The van der Waals surface area contributed by atoms with Gasteiger partial charge in [-0.1, -0.05) is 23.9 Å². The number of carbonyl (C=O) groups is 1. The van der Waals surface area contributed by atoms with Crippen LogP contribution in [-0.2, 0) is 5.75 Å². The molecule has 1 saturated carbocycles. The van der Waals surface area contributed by atoms with Gasteiger partial charge in [-0.05, 0) is 66.9 Å². The number of furan rings is 1. The van der Waals surface area contributed by atoms with Crippen molar-refractivity contribution < 1.29 is 13.6 Å². The Hall–Kier alpha value is -3.39. The van der Waals surface area contributed by atoms with Gasteiger partial charge in [-0.2, -0.15) is 0 Å². The van der Waals surface area contributed by atoms with E-state index in [1.807, 2.05) is 34.9 Å². The molecule has 1 aliphatic carbocycles. The minimum atomic E-state index is -0.309. The Bertz CT molecular complexity index is 1180. The highest BCUT2D eigenvalue weighted by molar-refractivity contribution is 7.98. The van der Waals surface area contributed by atoms with E-state index >= 15 is 0 Å². The zero-order valence-corrected chi connectivity index (χ0v) is 17.3. The zero-order valence-electron chi connectivity index (χ0n) is 16.5. The topological polar surface area (TPSA) is 73.0 Å². The van der Waals surface area contributed by atoms with Crippen molar-refractivity contribution in [2.75, 3.05) is 0 Å². The smallest absolute Gasteiger partial charge is 0.251 e. The number of rotatable bonds is 7. The molecule has 0 radical (unpaired) electrons. The first kappa shape index (κ1) is 19.6. The molecule has 5 rings (SSSR count). The minimum absolute atomic E-state index is 0.0270. The Morgan fingerprint density at radius 1 is 1.10 bits per heavy atom. The Balaban J connectivity index is 1.36. The van der Waals surface area contributed by atoms with E-state index in [2.05, 4.69) is 15.5 Å². The first-order chi connectivity index (χ1) is 15.2. The van der Waals surface area contributed by atoms with Gasteiger partial charge in [0.05, 0.1) is 12.0 Å². The standard InChI is InChI=1S/C23H19FN4O2S/c24-17-7-11-19(12-8-17)28-21(20-2-1-13-30-20)26-27-23(28)31-14-15-3-5-16(6-4-15)22(29)25-18-9-10-18/h1-8,11-13,18H,9-10,14H2,(H,25,29). The second-order valence-corrected chi connectivity index (χ2v) is 8.27. The average molecular weight is 434 g/mol. The molecule has 2 aromatic heterocycles. The van der Waals surface area contributed by atoms with Gasteiger partial charge in [0.1, 0.15) is 5.82 Å². The maximum absolute atomic E-state index is 13.4. The van der Waals surface area contributed by atoms with Crippen molar-refractivity contribution in [3.8, 4) is 17.3 Å². The molecule has 156 valence electrons. The third-order valence-electron chi connectivity index (χ3n) is 4.96. The fourth-order valence-electron chi connectivity index (χ4n) is 3.15. The van der Waals surface area contributed by atoms with Gasteiger partial charge < -0.3 is 9.73 Å². The summed E-state index contributed by atoms with van der Waals surface area (Å²) in [4.78, 5) is 12.2. The van der Waals surface area contributed by atoms with Gasteiger partial charge in [-0.15, -0.1) is 10.2 Å². The molecule has 0 bridgehead atoms. The molecule has 31 heavy (non-hydrogen) atoms. The van der Waals surface area contributed by atoms with E-state index in [9.17, 15) is 9.18 Å². The van der Waals surface area contributed by atoms with Gasteiger partial charge in [-0.3, -0.25) is 9.36 Å². The van der Waals surface area contributed by atoms with Gasteiger partial charge in [-0.25, -0.2) is 4.39 Å². The number of nitrogens with one attached hydrogen (secondary N) is 1. The lowest BCUT2D eigenvalue weighted by Crippen LogP contribution is -2.25. The van der Waals surface area contributed by atoms with Crippen LogP contribution in [0.5, 0.6) is 0 Å². The lowest BCUT2D eigenvalue weighted by Gasteiger charge is -2.09. The number of amides is 1. The van der Waals surface area contributed by atoms with Crippen molar-refractivity contribution in [2.24, 2.45) is 0 Å². The van der Waals surface area contributed by atoms with Crippen molar-refractivity contribution in [3.63, 3.8) is 0 Å². The second-order valence-electron chi connectivity index (χ2n) is 7.33. The van der Waals surface area contributed by atoms with Crippen LogP contribution in [0.4, 0.5) is 4.39 Å². The van der Waals surface area contributed by atoms with E-state index in [-0.39, 0.29) is 11.7 Å². The minimum Gasteiger partial charge on any atom is -0.461 e. The molecule has 1 fully saturated rings. The molecule has 8 heteroatoms. The van der Waals surface area contributed by atoms with Crippen molar-refractivity contribution in [1.29, 1.82) is 0 Å². The van der Waals surface area contributed by atoms with Gasteiger partial charge >= 0.3 is 0 Å². The Morgan fingerprint density at radius 2 is 1.87 bits per heavy atom. The molecule has 2 aromatic carbocycles. The van der Waals surface area contributed by atoms with Crippen molar-refractivity contribution in [2.45, 2.75) is 29.8 Å². The summed E-state index contributed by atoms with van der Waals surface area (Å²) in [5.74, 6) is 1.43. The Morgan fingerprint density at radius 3 is 2.55 bits per heavy atom. The predicted octanol–water partition coefficient (Wildman–Crippen LogP) is 4.85. The molecular formula is C23H19FN4O2S. The van der Waals surface area contributed by atoms with Gasteiger partial charge in [0.15, 0.2) is 10.9 Å². The highest BCUT2D eigenvalue weighted by atomic mass is 32.2. The van der Waals surface area contributed by atoms with Crippen molar-refractivity contribution in [1.82, 2.24) is 20.1 Å². The summed E-state index contributed by atoms with van der Waals surface area (Å²) in [6.45, 7) is 0. The average Bonchev–Trinajstić information content (AvgIpc) is 3.26. The molecule has 1 amide bonds. The van der Waals surface area contributed by atoms with Crippen molar-refractivity contribution in [3.05, 3.63) is 83.9 Å². The van der Waals surface area contributed by atoms with Crippen LogP contribution in [0.3, 0.4) is 0 Å². The Kier molecular flexibility index (Phi) is 5.30. The fourth-order valence-corrected chi connectivity index (χ4v) is 4.06. The number of carbonyl (C=O) groups excluding carboxylic acids is 1. The van der Waals surface area contributed by atoms with E-state index in [0.717, 1.165) is 24.1 Å². The first-order valence-corrected chi connectivity index (χ1v) is 10.9. The molecule has 0 saturated heterocycles. The van der Waals surface area contributed by atoms with E-state index < -0.39 is 0 Å². The predicted molar refractivity (Wildman–Crippen MR) is 116 cm³/mol. The summed E-state index contributed by atoms with van der Waals surface area (Å²) in [7, 11) is 0. The SMILES string of the molecule is O=C(NC1CC1)c1ccc(CSc2nnc(-c3ccco3)n2-c2ccc(F)cc2)cc1. The van der Waals surface area contributed by atoms with Crippen LogP contribution in [0.2, 0.25) is 0 Å². The maximum atomic E-state index is 13.4. The maximum Gasteiger partial charge on any atom is 0.251 e. The van der Waals surface area contributed by atoms with Crippen LogP contribution in [0, 0.1) is 5.82 Å². The Labute approximate surface area is 182 Å². The third kappa shape index (κ3) is 4.39. The molecule has 1 aliphatic rings. The molecule has 6 nitrogen and oxygen atoms in total. The number of hydrogen-bond acceptors (Lipinski definition) is 5. The number of benzene rings is 2. The van der Waals surface area contributed by atoms with E-state index in [4.69, 9.17) is 4.42 Å². The number of aromatic nitrogens is 3. The van der Waals surface area contributed by atoms with Crippen LogP contribution in [0.1, 0.15) is 28.8 Å². The summed E-state index contributed by atoms with van der Waals surface area (Å²) in [6.07, 6.45) is 3.71. The van der Waals surface area contributed by atoms with Crippen LogP contribution in [0.15, 0.2) is 76.5 Å². The quantitative estimate of drug-likeness (QED) is 0.421. The number of halogens is 1. The monoisotopic (exact) mass is 434 g/mol. The summed E-state index contributed by atoms with van der Waals surface area (Å²) in [5, 5.41) is 12.3. The summed E-state index contributed by atoms with van der Waals surface area (Å²) < 4.78 is 20.8. The first-order valence-electron chi connectivity index (χ1n) is 9.95.